The molecule has 6 heteroatoms. The molecule has 0 radical (unpaired) electrons. The molecular formula is C16H20ClN5. The van der Waals surface area contributed by atoms with Crippen molar-refractivity contribution in [3.8, 4) is 11.4 Å². The zero-order valence-electron chi connectivity index (χ0n) is 12.8. The van der Waals surface area contributed by atoms with Crippen LogP contribution in [-0.4, -0.2) is 40.6 Å². The van der Waals surface area contributed by atoms with Crippen LogP contribution in [0.4, 0.5) is 5.82 Å². The molecule has 1 aliphatic rings. The van der Waals surface area contributed by atoms with E-state index in [2.05, 4.69) is 34.0 Å². The highest BCUT2D eigenvalue weighted by Crippen LogP contribution is 2.23. The van der Waals surface area contributed by atoms with Crippen molar-refractivity contribution in [3.05, 3.63) is 35.7 Å². The number of nitrogens with one attached hydrogen (secondary N) is 1. The summed E-state index contributed by atoms with van der Waals surface area (Å²) >= 11 is 6.21. The van der Waals surface area contributed by atoms with E-state index in [0.717, 1.165) is 31.0 Å². The van der Waals surface area contributed by atoms with Crippen molar-refractivity contribution in [3.63, 3.8) is 0 Å². The molecule has 3 rings (SSSR count). The number of nitrogens with zero attached hydrogens (tertiary/aromatic N) is 4. The van der Waals surface area contributed by atoms with Crippen molar-refractivity contribution < 1.29 is 0 Å². The van der Waals surface area contributed by atoms with Crippen LogP contribution in [0, 0.1) is 5.92 Å². The number of rotatable bonds is 3. The van der Waals surface area contributed by atoms with Crippen LogP contribution in [-0.2, 0) is 0 Å². The smallest absolute Gasteiger partial charge is 0.163 e. The van der Waals surface area contributed by atoms with Crippen molar-refractivity contribution in [1.82, 2.24) is 20.3 Å². The molecule has 0 aliphatic carbocycles. The lowest BCUT2D eigenvalue weighted by molar-refractivity contribution is 0.367. The Bertz CT molecular complexity index is 632. The summed E-state index contributed by atoms with van der Waals surface area (Å²) < 4.78 is 0. The molecule has 116 valence electrons. The SMILES string of the molecule is CC(C)C1CN(c2cc(Cl)nc(-c3ccncc3)n2)CCN1. The van der Waals surface area contributed by atoms with Crippen LogP contribution >= 0.6 is 11.6 Å². The standard InChI is InChI=1S/C16H20ClN5/c1-11(2)13-10-22(8-7-19-13)15-9-14(17)20-16(21-15)12-3-5-18-6-4-12/h3-6,9,11,13,19H,7-8,10H2,1-2H3. The molecule has 22 heavy (non-hydrogen) atoms. The largest absolute Gasteiger partial charge is 0.354 e. The van der Waals surface area contributed by atoms with Gasteiger partial charge in [0.15, 0.2) is 5.82 Å². The maximum Gasteiger partial charge on any atom is 0.163 e. The Kier molecular flexibility index (Phi) is 4.55. The first-order valence-electron chi connectivity index (χ1n) is 7.57. The predicted molar refractivity (Wildman–Crippen MR) is 89.1 cm³/mol. The minimum atomic E-state index is 0.465. The average Bonchev–Trinajstić information content (AvgIpc) is 2.55. The van der Waals surface area contributed by atoms with E-state index in [-0.39, 0.29) is 0 Å². The van der Waals surface area contributed by atoms with Crippen LogP contribution in [0.2, 0.25) is 5.15 Å². The molecule has 5 nitrogen and oxygen atoms in total. The van der Waals surface area contributed by atoms with Crippen molar-refractivity contribution in [2.24, 2.45) is 5.92 Å². The van der Waals surface area contributed by atoms with Crippen LogP contribution in [0.15, 0.2) is 30.6 Å². The van der Waals surface area contributed by atoms with Gasteiger partial charge in [0.25, 0.3) is 0 Å². The Balaban J connectivity index is 1.89. The maximum atomic E-state index is 6.21. The van der Waals surface area contributed by atoms with Crippen LogP contribution < -0.4 is 10.2 Å². The molecule has 2 aromatic rings. The highest BCUT2D eigenvalue weighted by molar-refractivity contribution is 6.29. The van der Waals surface area contributed by atoms with Gasteiger partial charge in [0.1, 0.15) is 11.0 Å². The summed E-state index contributed by atoms with van der Waals surface area (Å²) in [5.41, 5.74) is 0.925. The molecule has 0 bridgehead atoms. The molecule has 0 saturated carbocycles. The molecule has 1 aliphatic heterocycles. The van der Waals surface area contributed by atoms with E-state index in [4.69, 9.17) is 16.6 Å². The number of pyridine rings is 1. The summed E-state index contributed by atoms with van der Waals surface area (Å²) in [7, 11) is 0. The monoisotopic (exact) mass is 317 g/mol. The number of anilines is 1. The molecule has 0 amide bonds. The van der Waals surface area contributed by atoms with Crippen molar-refractivity contribution >= 4 is 17.4 Å². The first-order chi connectivity index (χ1) is 10.6. The fourth-order valence-electron chi connectivity index (χ4n) is 2.63. The van der Waals surface area contributed by atoms with Gasteiger partial charge < -0.3 is 10.2 Å². The summed E-state index contributed by atoms with van der Waals surface area (Å²) in [6.45, 7) is 7.27. The summed E-state index contributed by atoms with van der Waals surface area (Å²) in [6.07, 6.45) is 3.47. The second-order valence-electron chi connectivity index (χ2n) is 5.86. The molecule has 1 N–H and O–H groups in total. The third-order valence-corrected chi connectivity index (χ3v) is 4.15. The molecule has 2 aromatic heterocycles. The Morgan fingerprint density at radius 2 is 2.05 bits per heavy atom. The number of hydrogen-bond donors (Lipinski definition) is 1. The lowest BCUT2D eigenvalue weighted by Crippen LogP contribution is -2.53. The Labute approximate surface area is 135 Å². The van der Waals surface area contributed by atoms with Crippen LogP contribution in [0.1, 0.15) is 13.8 Å². The van der Waals surface area contributed by atoms with E-state index >= 15 is 0 Å². The Morgan fingerprint density at radius 3 is 2.77 bits per heavy atom. The number of piperazine rings is 1. The molecule has 0 spiro atoms. The topological polar surface area (TPSA) is 53.9 Å². The zero-order valence-corrected chi connectivity index (χ0v) is 13.6. The van der Waals surface area contributed by atoms with Crippen LogP contribution in [0.25, 0.3) is 11.4 Å². The van der Waals surface area contributed by atoms with Gasteiger partial charge in [-0.3, -0.25) is 4.98 Å². The van der Waals surface area contributed by atoms with Crippen molar-refractivity contribution in [2.45, 2.75) is 19.9 Å². The van der Waals surface area contributed by atoms with Gasteiger partial charge in [0, 0.05) is 49.7 Å². The van der Waals surface area contributed by atoms with Gasteiger partial charge in [0.2, 0.25) is 0 Å². The minimum Gasteiger partial charge on any atom is -0.354 e. The molecule has 1 unspecified atom stereocenters. The van der Waals surface area contributed by atoms with Gasteiger partial charge in [-0.2, -0.15) is 0 Å². The quantitative estimate of drug-likeness (QED) is 0.882. The molecule has 1 fully saturated rings. The predicted octanol–water partition coefficient (Wildman–Crippen LogP) is 2.63. The van der Waals surface area contributed by atoms with Gasteiger partial charge in [-0.1, -0.05) is 25.4 Å². The van der Waals surface area contributed by atoms with Crippen LogP contribution in [0.3, 0.4) is 0 Å². The highest BCUT2D eigenvalue weighted by atomic mass is 35.5. The third kappa shape index (κ3) is 3.36. The third-order valence-electron chi connectivity index (χ3n) is 3.95. The fraction of sp³-hybridized carbons (Fsp3) is 0.438. The zero-order chi connectivity index (χ0) is 15.5. The highest BCUT2D eigenvalue weighted by Gasteiger charge is 2.23. The summed E-state index contributed by atoms with van der Waals surface area (Å²) in [6, 6.07) is 6.09. The fourth-order valence-corrected chi connectivity index (χ4v) is 2.81. The van der Waals surface area contributed by atoms with Gasteiger partial charge in [-0.15, -0.1) is 0 Å². The Morgan fingerprint density at radius 1 is 1.27 bits per heavy atom. The van der Waals surface area contributed by atoms with Gasteiger partial charge >= 0.3 is 0 Å². The average molecular weight is 318 g/mol. The first-order valence-corrected chi connectivity index (χ1v) is 7.94. The second kappa shape index (κ2) is 6.58. The van der Waals surface area contributed by atoms with E-state index in [9.17, 15) is 0 Å². The molecule has 1 atom stereocenters. The number of hydrogen-bond acceptors (Lipinski definition) is 5. The van der Waals surface area contributed by atoms with Crippen molar-refractivity contribution in [1.29, 1.82) is 0 Å². The number of aromatic nitrogens is 3. The van der Waals surface area contributed by atoms with Gasteiger partial charge in [-0.05, 0) is 18.1 Å². The lowest BCUT2D eigenvalue weighted by atomic mass is 10.0. The van der Waals surface area contributed by atoms with Crippen LogP contribution in [0.5, 0.6) is 0 Å². The van der Waals surface area contributed by atoms with Gasteiger partial charge in [-0.25, -0.2) is 9.97 Å². The van der Waals surface area contributed by atoms with E-state index in [1.165, 1.54) is 0 Å². The second-order valence-corrected chi connectivity index (χ2v) is 6.25. The summed E-state index contributed by atoms with van der Waals surface area (Å²) in [5, 5.41) is 4.02. The Hall–Kier alpha value is -1.72. The van der Waals surface area contributed by atoms with E-state index in [1.807, 2.05) is 18.2 Å². The lowest BCUT2D eigenvalue weighted by Gasteiger charge is -2.36. The van der Waals surface area contributed by atoms with Crippen molar-refractivity contribution in [2.75, 3.05) is 24.5 Å². The normalized spacial score (nSPS) is 18.7. The van der Waals surface area contributed by atoms with E-state index in [1.54, 1.807) is 12.4 Å². The first kappa shape index (κ1) is 15.2. The summed E-state index contributed by atoms with van der Waals surface area (Å²) in [5.74, 6) is 2.11. The van der Waals surface area contributed by atoms with E-state index < -0.39 is 0 Å². The molecule has 1 saturated heterocycles. The number of halogens is 1. The van der Waals surface area contributed by atoms with E-state index in [0.29, 0.717) is 22.9 Å². The minimum absolute atomic E-state index is 0.465. The molecule has 3 heterocycles. The summed E-state index contributed by atoms with van der Waals surface area (Å²) in [4.78, 5) is 15.3. The molecular weight excluding hydrogens is 298 g/mol. The van der Waals surface area contributed by atoms with Gasteiger partial charge in [0.05, 0.1) is 0 Å². The maximum absolute atomic E-state index is 6.21. The molecule has 0 aromatic carbocycles.